The molecule has 2 aromatic heterocycles. The van der Waals surface area contributed by atoms with E-state index in [4.69, 9.17) is 11.6 Å². The molecule has 0 radical (unpaired) electrons. The van der Waals surface area contributed by atoms with E-state index in [1.54, 1.807) is 11.3 Å². The third-order valence-corrected chi connectivity index (χ3v) is 4.55. The molecule has 2 aromatic rings. The Morgan fingerprint density at radius 2 is 2.26 bits per heavy atom. The molecule has 0 bridgehead atoms. The standard InChI is InChI=1S/C14H20ClN3S/c1-4-7-16-13(14-11(15)6-8-19-14)12-9-10(5-2)17-18(12)3/h6,8-9,13,16H,4-5,7H2,1-3H3. The van der Waals surface area contributed by atoms with Gasteiger partial charge in [-0.25, -0.2) is 0 Å². The second-order valence-electron chi connectivity index (χ2n) is 4.56. The Bertz CT molecular complexity index is 533. The number of nitrogens with zero attached hydrogens (tertiary/aromatic N) is 2. The number of thiophene rings is 1. The quantitative estimate of drug-likeness (QED) is 0.879. The fourth-order valence-electron chi connectivity index (χ4n) is 2.12. The Morgan fingerprint density at radius 3 is 2.79 bits per heavy atom. The van der Waals surface area contributed by atoms with Gasteiger partial charge in [-0.15, -0.1) is 11.3 Å². The predicted molar refractivity (Wildman–Crippen MR) is 82.1 cm³/mol. The molecule has 0 aliphatic rings. The fraction of sp³-hybridized carbons (Fsp3) is 0.500. The molecule has 0 aliphatic carbocycles. The predicted octanol–water partition coefficient (Wildman–Crippen LogP) is 3.79. The lowest BCUT2D eigenvalue weighted by molar-refractivity contribution is 0.559. The summed E-state index contributed by atoms with van der Waals surface area (Å²) in [5, 5.41) is 11.0. The molecule has 0 amide bonds. The molecule has 2 heterocycles. The number of halogens is 1. The molecule has 104 valence electrons. The van der Waals surface area contributed by atoms with Crippen molar-refractivity contribution in [2.75, 3.05) is 6.54 Å². The van der Waals surface area contributed by atoms with Gasteiger partial charge in [0.2, 0.25) is 0 Å². The van der Waals surface area contributed by atoms with Crippen LogP contribution in [0.4, 0.5) is 0 Å². The van der Waals surface area contributed by atoms with Crippen molar-refractivity contribution in [1.29, 1.82) is 0 Å². The van der Waals surface area contributed by atoms with E-state index in [0.717, 1.165) is 30.1 Å². The summed E-state index contributed by atoms with van der Waals surface area (Å²) >= 11 is 7.99. The van der Waals surface area contributed by atoms with Crippen molar-refractivity contribution in [3.63, 3.8) is 0 Å². The zero-order valence-electron chi connectivity index (χ0n) is 11.6. The summed E-state index contributed by atoms with van der Waals surface area (Å²) in [5.41, 5.74) is 2.29. The second-order valence-corrected chi connectivity index (χ2v) is 5.91. The highest BCUT2D eigenvalue weighted by Gasteiger charge is 2.21. The van der Waals surface area contributed by atoms with Gasteiger partial charge < -0.3 is 5.32 Å². The minimum absolute atomic E-state index is 0.130. The molecule has 0 saturated carbocycles. The third kappa shape index (κ3) is 3.19. The number of hydrogen-bond acceptors (Lipinski definition) is 3. The van der Waals surface area contributed by atoms with Crippen LogP contribution in [-0.4, -0.2) is 16.3 Å². The van der Waals surface area contributed by atoms with Crippen molar-refractivity contribution < 1.29 is 0 Å². The van der Waals surface area contributed by atoms with E-state index in [0.29, 0.717) is 0 Å². The molecule has 1 unspecified atom stereocenters. The molecule has 1 N–H and O–H groups in total. The first kappa shape index (κ1) is 14.6. The molecule has 19 heavy (non-hydrogen) atoms. The van der Waals surface area contributed by atoms with Gasteiger partial charge in [0.1, 0.15) is 0 Å². The zero-order chi connectivity index (χ0) is 13.8. The van der Waals surface area contributed by atoms with Crippen LogP contribution in [0.2, 0.25) is 5.02 Å². The molecule has 2 rings (SSSR count). The number of aryl methyl sites for hydroxylation is 2. The van der Waals surface area contributed by atoms with Crippen LogP contribution in [0.25, 0.3) is 0 Å². The van der Waals surface area contributed by atoms with Crippen LogP contribution in [-0.2, 0) is 13.5 Å². The van der Waals surface area contributed by atoms with Crippen molar-refractivity contribution >= 4 is 22.9 Å². The molecule has 1 atom stereocenters. The minimum Gasteiger partial charge on any atom is -0.304 e. The summed E-state index contributed by atoms with van der Waals surface area (Å²) in [5.74, 6) is 0. The fourth-order valence-corrected chi connectivity index (χ4v) is 3.37. The molecule has 0 fully saturated rings. The summed E-state index contributed by atoms with van der Waals surface area (Å²) in [6.45, 7) is 5.26. The van der Waals surface area contributed by atoms with Gasteiger partial charge in [-0.2, -0.15) is 5.10 Å². The monoisotopic (exact) mass is 297 g/mol. The Hall–Kier alpha value is -0.840. The van der Waals surface area contributed by atoms with Gasteiger partial charge in [-0.1, -0.05) is 25.4 Å². The summed E-state index contributed by atoms with van der Waals surface area (Å²) in [6.07, 6.45) is 2.05. The smallest absolute Gasteiger partial charge is 0.0856 e. The van der Waals surface area contributed by atoms with E-state index in [-0.39, 0.29) is 6.04 Å². The van der Waals surface area contributed by atoms with Crippen molar-refractivity contribution in [3.8, 4) is 0 Å². The second kappa shape index (κ2) is 6.55. The van der Waals surface area contributed by atoms with Crippen molar-refractivity contribution in [1.82, 2.24) is 15.1 Å². The van der Waals surface area contributed by atoms with Crippen LogP contribution in [0.3, 0.4) is 0 Å². The summed E-state index contributed by atoms with van der Waals surface area (Å²) < 4.78 is 1.96. The van der Waals surface area contributed by atoms with Crippen LogP contribution < -0.4 is 5.32 Å². The van der Waals surface area contributed by atoms with Gasteiger partial charge in [0.05, 0.1) is 22.5 Å². The zero-order valence-corrected chi connectivity index (χ0v) is 13.2. The van der Waals surface area contributed by atoms with Crippen molar-refractivity contribution in [3.05, 3.63) is 38.8 Å². The van der Waals surface area contributed by atoms with Crippen molar-refractivity contribution in [2.45, 2.75) is 32.7 Å². The highest BCUT2D eigenvalue weighted by Crippen LogP contribution is 2.33. The number of nitrogens with one attached hydrogen (secondary N) is 1. The first-order valence-corrected chi connectivity index (χ1v) is 7.92. The SMILES string of the molecule is CCCNC(c1sccc1Cl)c1cc(CC)nn1C. The van der Waals surface area contributed by atoms with E-state index in [1.165, 1.54) is 10.6 Å². The normalized spacial score (nSPS) is 12.8. The Morgan fingerprint density at radius 1 is 1.47 bits per heavy atom. The van der Waals surface area contributed by atoms with E-state index >= 15 is 0 Å². The highest BCUT2D eigenvalue weighted by atomic mass is 35.5. The minimum atomic E-state index is 0.130. The molecule has 0 spiro atoms. The lowest BCUT2D eigenvalue weighted by Gasteiger charge is -2.18. The molecule has 0 saturated heterocycles. The van der Waals surface area contributed by atoms with E-state index in [2.05, 4.69) is 30.3 Å². The molecule has 3 nitrogen and oxygen atoms in total. The summed E-state index contributed by atoms with van der Waals surface area (Å²) in [4.78, 5) is 1.17. The van der Waals surface area contributed by atoms with Gasteiger partial charge in [0, 0.05) is 11.9 Å². The molecule has 0 aliphatic heterocycles. The average Bonchev–Trinajstić information content (AvgIpc) is 2.98. The van der Waals surface area contributed by atoms with E-state index in [1.807, 2.05) is 23.2 Å². The van der Waals surface area contributed by atoms with Crippen LogP contribution in [0.1, 0.15) is 42.6 Å². The first-order valence-electron chi connectivity index (χ1n) is 6.66. The number of rotatable bonds is 6. The number of aromatic nitrogens is 2. The lowest BCUT2D eigenvalue weighted by Crippen LogP contribution is -2.24. The third-order valence-electron chi connectivity index (χ3n) is 3.13. The van der Waals surface area contributed by atoms with Crippen LogP contribution in [0.15, 0.2) is 17.5 Å². The van der Waals surface area contributed by atoms with Crippen molar-refractivity contribution in [2.24, 2.45) is 7.05 Å². The largest absolute Gasteiger partial charge is 0.304 e. The molecular formula is C14H20ClN3S. The molecule has 5 heteroatoms. The van der Waals surface area contributed by atoms with E-state index in [9.17, 15) is 0 Å². The number of hydrogen-bond donors (Lipinski definition) is 1. The van der Waals surface area contributed by atoms with Crippen LogP contribution in [0.5, 0.6) is 0 Å². The Labute approximate surface area is 123 Å². The summed E-state index contributed by atoms with van der Waals surface area (Å²) in [7, 11) is 2.00. The van der Waals surface area contributed by atoms with Gasteiger partial charge in [0.15, 0.2) is 0 Å². The van der Waals surface area contributed by atoms with Gasteiger partial charge in [-0.3, -0.25) is 4.68 Å². The highest BCUT2D eigenvalue weighted by molar-refractivity contribution is 7.10. The average molecular weight is 298 g/mol. The Kier molecular flexibility index (Phi) is 5.02. The van der Waals surface area contributed by atoms with Crippen LogP contribution >= 0.6 is 22.9 Å². The Balaban J connectivity index is 2.36. The van der Waals surface area contributed by atoms with Gasteiger partial charge >= 0.3 is 0 Å². The summed E-state index contributed by atoms with van der Waals surface area (Å²) in [6, 6.07) is 4.26. The molecule has 0 aromatic carbocycles. The maximum Gasteiger partial charge on any atom is 0.0856 e. The van der Waals surface area contributed by atoms with E-state index < -0.39 is 0 Å². The molecular weight excluding hydrogens is 278 g/mol. The first-order chi connectivity index (χ1) is 9.17. The van der Waals surface area contributed by atoms with Crippen LogP contribution in [0, 0.1) is 0 Å². The maximum atomic E-state index is 6.30. The lowest BCUT2D eigenvalue weighted by atomic mass is 10.1. The maximum absolute atomic E-state index is 6.30. The van der Waals surface area contributed by atoms with Gasteiger partial charge in [-0.05, 0) is 36.9 Å². The van der Waals surface area contributed by atoms with Gasteiger partial charge in [0.25, 0.3) is 0 Å². The topological polar surface area (TPSA) is 29.9 Å².